The van der Waals surface area contributed by atoms with Gasteiger partial charge in [0.05, 0.1) is 10.6 Å². The number of carbonyl (C=O) groups excluding carboxylic acids is 2. The molecule has 9 nitrogen and oxygen atoms in total. The lowest BCUT2D eigenvalue weighted by molar-refractivity contribution is -0.384. The van der Waals surface area contributed by atoms with Gasteiger partial charge in [-0.2, -0.15) is 5.10 Å². The van der Waals surface area contributed by atoms with Crippen molar-refractivity contribution in [2.45, 2.75) is 25.3 Å². The van der Waals surface area contributed by atoms with Gasteiger partial charge in [-0.25, -0.2) is 4.68 Å². The molecule has 1 aromatic heterocycles. The number of nitrogens with zero attached hydrogens (tertiary/aromatic N) is 4. The van der Waals surface area contributed by atoms with E-state index in [1.54, 1.807) is 41.4 Å². The van der Waals surface area contributed by atoms with Crippen molar-refractivity contribution in [3.63, 3.8) is 0 Å². The van der Waals surface area contributed by atoms with E-state index in [9.17, 15) is 19.7 Å². The van der Waals surface area contributed by atoms with E-state index >= 15 is 0 Å². The first-order chi connectivity index (χ1) is 15.5. The molecule has 0 saturated carbocycles. The maximum absolute atomic E-state index is 13.2. The van der Waals surface area contributed by atoms with E-state index in [1.807, 2.05) is 18.2 Å². The first-order valence-corrected chi connectivity index (χ1v) is 10.5. The number of hydrogen-bond donors (Lipinski definition) is 1. The van der Waals surface area contributed by atoms with E-state index in [1.165, 1.54) is 16.8 Å². The highest BCUT2D eigenvalue weighted by atomic mass is 16.6. The van der Waals surface area contributed by atoms with Gasteiger partial charge in [0.25, 0.3) is 17.5 Å². The van der Waals surface area contributed by atoms with E-state index in [2.05, 4.69) is 10.4 Å². The van der Waals surface area contributed by atoms with Gasteiger partial charge in [-0.15, -0.1) is 0 Å². The van der Waals surface area contributed by atoms with Crippen LogP contribution in [0.5, 0.6) is 0 Å². The predicted octanol–water partition coefficient (Wildman–Crippen LogP) is 3.21. The van der Waals surface area contributed by atoms with Gasteiger partial charge in [-0.1, -0.05) is 18.2 Å². The van der Waals surface area contributed by atoms with Crippen molar-refractivity contribution in [2.24, 2.45) is 0 Å². The number of non-ortho nitro benzene ring substituents is 1. The number of nitro groups is 1. The van der Waals surface area contributed by atoms with Crippen molar-refractivity contribution >= 4 is 17.5 Å². The predicted molar refractivity (Wildman–Crippen MR) is 118 cm³/mol. The molecule has 2 heterocycles. The third-order valence-corrected chi connectivity index (χ3v) is 5.56. The van der Waals surface area contributed by atoms with Crippen LogP contribution in [0, 0.1) is 10.1 Å². The maximum Gasteiger partial charge on any atom is 0.274 e. The minimum absolute atomic E-state index is 0.00841. The Bertz CT molecular complexity index is 1110. The normalized spacial score (nSPS) is 15.9. The standard InChI is InChI=1S/C23H23N5O4/c29-22(17-6-2-1-3-7-17)24-16-20-8-4-5-14-26(20)23(30)21-13-15-27(25-21)18-9-11-19(12-10-18)28(31)32/h1-3,6-7,9-13,15,20H,4-5,8,14,16H2,(H,24,29)/t20-/m0/s1. The molecule has 3 aromatic rings. The smallest absolute Gasteiger partial charge is 0.274 e. The highest BCUT2D eigenvalue weighted by Crippen LogP contribution is 2.20. The summed E-state index contributed by atoms with van der Waals surface area (Å²) < 4.78 is 1.52. The fourth-order valence-electron chi connectivity index (χ4n) is 3.84. The molecule has 0 unspecified atom stereocenters. The van der Waals surface area contributed by atoms with Gasteiger partial charge in [-0.3, -0.25) is 19.7 Å². The summed E-state index contributed by atoms with van der Waals surface area (Å²) in [5, 5.41) is 18.1. The monoisotopic (exact) mass is 433 g/mol. The molecule has 0 bridgehead atoms. The fourth-order valence-corrected chi connectivity index (χ4v) is 3.84. The van der Waals surface area contributed by atoms with Crippen molar-refractivity contribution in [3.05, 3.63) is 88.2 Å². The lowest BCUT2D eigenvalue weighted by atomic mass is 10.0. The highest BCUT2D eigenvalue weighted by molar-refractivity contribution is 5.94. The number of hydrogen-bond acceptors (Lipinski definition) is 5. The second-order valence-electron chi connectivity index (χ2n) is 7.64. The summed E-state index contributed by atoms with van der Waals surface area (Å²) in [7, 11) is 0. The molecule has 1 fully saturated rings. The maximum atomic E-state index is 13.2. The molecule has 1 aliphatic rings. The van der Waals surface area contributed by atoms with Crippen molar-refractivity contribution in [1.82, 2.24) is 20.0 Å². The Kier molecular flexibility index (Phi) is 6.25. The molecule has 0 aliphatic carbocycles. The van der Waals surface area contributed by atoms with E-state index in [4.69, 9.17) is 0 Å². The topological polar surface area (TPSA) is 110 Å². The van der Waals surface area contributed by atoms with E-state index in [0.29, 0.717) is 30.0 Å². The molecular formula is C23H23N5O4. The minimum Gasteiger partial charge on any atom is -0.350 e. The first-order valence-electron chi connectivity index (χ1n) is 10.5. The zero-order valence-corrected chi connectivity index (χ0v) is 17.4. The summed E-state index contributed by atoms with van der Waals surface area (Å²) in [6.07, 6.45) is 4.36. The van der Waals surface area contributed by atoms with Crippen LogP contribution in [0.25, 0.3) is 5.69 Å². The average molecular weight is 433 g/mol. The zero-order chi connectivity index (χ0) is 22.5. The van der Waals surface area contributed by atoms with Crippen LogP contribution >= 0.6 is 0 Å². The minimum atomic E-state index is -0.463. The van der Waals surface area contributed by atoms with Crippen molar-refractivity contribution in [2.75, 3.05) is 13.1 Å². The highest BCUT2D eigenvalue weighted by Gasteiger charge is 2.29. The van der Waals surface area contributed by atoms with Gasteiger partial charge in [0, 0.05) is 43.0 Å². The Labute approximate surface area is 184 Å². The number of benzene rings is 2. The number of amides is 2. The van der Waals surface area contributed by atoms with Crippen LogP contribution in [0.1, 0.15) is 40.1 Å². The number of nitro benzene ring substituents is 1. The molecule has 0 radical (unpaired) electrons. The van der Waals surface area contributed by atoms with Crippen LogP contribution in [0.2, 0.25) is 0 Å². The molecule has 1 aliphatic heterocycles. The van der Waals surface area contributed by atoms with Gasteiger partial charge >= 0.3 is 0 Å². The number of piperidine rings is 1. The molecule has 4 rings (SSSR count). The summed E-state index contributed by atoms with van der Waals surface area (Å²) in [6.45, 7) is 0.984. The van der Waals surface area contributed by atoms with Gasteiger partial charge in [0.1, 0.15) is 0 Å². The van der Waals surface area contributed by atoms with E-state index in [0.717, 1.165) is 19.3 Å². The third-order valence-electron chi connectivity index (χ3n) is 5.56. The molecule has 1 atom stereocenters. The summed E-state index contributed by atoms with van der Waals surface area (Å²) in [6, 6.07) is 16.5. The van der Waals surface area contributed by atoms with Gasteiger partial charge in [0.2, 0.25) is 0 Å². The SMILES string of the molecule is O=C(NC[C@@H]1CCCCN1C(=O)c1ccn(-c2ccc([N+](=O)[O-])cc2)n1)c1ccccc1. The van der Waals surface area contributed by atoms with Crippen molar-refractivity contribution < 1.29 is 14.5 Å². The Morgan fingerprint density at radius 3 is 2.53 bits per heavy atom. The summed E-state index contributed by atoms with van der Waals surface area (Å²) in [5.74, 6) is -0.352. The molecule has 32 heavy (non-hydrogen) atoms. The summed E-state index contributed by atoms with van der Waals surface area (Å²) >= 11 is 0. The summed E-state index contributed by atoms with van der Waals surface area (Å²) in [4.78, 5) is 37.7. The second-order valence-corrected chi connectivity index (χ2v) is 7.64. The number of aromatic nitrogens is 2. The van der Waals surface area contributed by atoms with Gasteiger partial charge in [0.15, 0.2) is 5.69 Å². The number of carbonyl (C=O) groups is 2. The number of likely N-dealkylation sites (tertiary alicyclic amines) is 1. The van der Waals surface area contributed by atoms with Crippen LogP contribution in [0.4, 0.5) is 5.69 Å². The molecule has 164 valence electrons. The molecule has 1 N–H and O–H groups in total. The van der Waals surface area contributed by atoms with Crippen LogP contribution < -0.4 is 5.32 Å². The van der Waals surface area contributed by atoms with Crippen LogP contribution in [-0.4, -0.2) is 50.5 Å². The van der Waals surface area contributed by atoms with Crippen molar-refractivity contribution in [1.29, 1.82) is 0 Å². The molecule has 0 spiro atoms. The van der Waals surface area contributed by atoms with Gasteiger partial charge in [-0.05, 0) is 49.6 Å². The average Bonchev–Trinajstić information content (AvgIpc) is 3.33. The Balaban J connectivity index is 1.44. The third kappa shape index (κ3) is 4.66. The fraction of sp³-hybridized carbons (Fsp3) is 0.261. The molecule has 1 saturated heterocycles. The quantitative estimate of drug-likeness (QED) is 0.474. The van der Waals surface area contributed by atoms with E-state index < -0.39 is 4.92 Å². The van der Waals surface area contributed by atoms with Crippen LogP contribution in [-0.2, 0) is 0 Å². The lowest BCUT2D eigenvalue weighted by Crippen LogP contribution is -2.49. The largest absolute Gasteiger partial charge is 0.350 e. The van der Waals surface area contributed by atoms with Gasteiger partial charge < -0.3 is 10.2 Å². The second kappa shape index (κ2) is 9.42. The summed E-state index contributed by atoms with van der Waals surface area (Å²) in [5.41, 5.74) is 1.50. The first kappa shape index (κ1) is 21.2. The Hall–Kier alpha value is -4.01. The number of nitrogens with one attached hydrogen (secondary N) is 1. The van der Waals surface area contributed by atoms with Crippen LogP contribution in [0.15, 0.2) is 66.9 Å². The number of rotatable bonds is 6. The molecular weight excluding hydrogens is 410 g/mol. The zero-order valence-electron chi connectivity index (χ0n) is 17.4. The van der Waals surface area contributed by atoms with E-state index in [-0.39, 0.29) is 23.5 Å². The Morgan fingerprint density at radius 1 is 1.06 bits per heavy atom. The molecule has 9 heteroatoms. The molecule has 2 amide bonds. The molecule has 2 aromatic carbocycles. The Morgan fingerprint density at radius 2 is 1.81 bits per heavy atom. The lowest BCUT2D eigenvalue weighted by Gasteiger charge is -2.35. The van der Waals surface area contributed by atoms with Crippen LogP contribution in [0.3, 0.4) is 0 Å². The van der Waals surface area contributed by atoms with Crippen molar-refractivity contribution in [3.8, 4) is 5.69 Å².